The van der Waals surface area contributed by atoms with E-state index in [1.807, 2.05) is 0 Å². The molecule has 0 aliphatic rings. The van der Waals surface area contributed by atoms with Crippen molar-refractivity contribution in [3.8, 4) is 0 Å². The maximum atomic E-state index is 12.2. The summed E-state index contributed by atoms with van der Waals surface area (Å²) in [6.45, 7) is 1.66. The molecule has 0 spiro atoms. The first kappa shape index (κ1) is 36.5. The van der Waals surface area contributed by atoms with Crippen molar-refractivity contribution >= 4 is 19.8 Å². The molecule has 0 rings (SSSR count). The molecule has 3 N–H and O–H groups in total. The summed E-state index contributed by atoms with van der Waals surface area (Å²) in [6, 6.07) is 0. The topological polar surface area (TPSA) is 149 Å². The van der Waals surface area contributed by atoms with E-state index in [2.05, 4.69) is 35.8 Å². The predicted molar refractivity (Wildman–Crippen MR) is 145 cm³/mol. The lowest BCUT2D eigenvalue weighted by molar-refractivity contribution is -0.161. The van der Waals surface area contributed by atoms with Crippen LogP contribution in [0.1, 0.15) is 97.3 Å². The monoisotopic (exact) mass is 564 g/mol. The van der Waals surface area contributed by atoms with Gasteiger partial charge in [-0.2, -0.15) is 0 Å². The maximum absolute atomic E-state index is 12.2. The molecule has 3 atom stereocenters. The normalized spacial score (nSPS) is 15.0. The summed E-state index contributed by atoms with van der Waals surface area (Å²) >= 11 is 0. The van der Waals surface area contributed by atoms with E-state index in [0.717, 1.165) is 44.9 Å². The second-order valence-corrected chi connectivity index (χ2v) is 10.5. The Labute approximate surface area is 228 Å². The van der Waals surface area contributed by atoms with Crippen LogP contribution in [0.3, 0.4) is 0 Å². The Morgan fingerprint density at radius 1 is 0.816 bits per heavy atom. The standard InChI is InChI=1S/C27H49O10P/c1-3-5-6-7-8-9-10-11-12-13-14-15-16-17-18-19-27(31)37-25(22-34-26(30)4-2)23-36-38(32,33)35-21-24(29)20-28/h8-9,11-12,24-25,28-29H,3-7,10,13-23H2,1-2H3,(H,32,33)/b9-8-,12-11-. The number of phosphoric acid groups is 1. The van der Waals surface area contributed by atoms with Gasteiger partial charge in [0, 0.05) is 12.8 Å². The Balaban J connectivity index is 4.16. The first-order chi connectivity index (χ1) is 18.2. The van der Waals surface area contributed by atoms with E-state index in [-0.39, 0.29) is 19.4 Å². The fourth-order valence-electron chi connectivity index (χ4n) is 3.18. The molecule has 0 saturated heterocycles. The second-order valence-electron chi connectivity index (χ2n) is 9.03. The maximum Gasteiger partial charge on any atom is 0.472 e. The number of phosphoric ester groups is 1. The average Bonchev–Trinajstić information content (AvgIpc) is 2.90. The van der Waals surface area contributed by atoms with Crippen molar-refractivity contribution < 1.29 is 47.8 Å². The lowest BCUT2D eigenvalue weighted by atomic mass is 10.1. The highest BCUT2D eigenvalue weighted by molar-refractivity contribution is 7.47. The molecule has 0 radical (unpaired) electrons. The third-order valence-corrected chi connectivity index (χ3v) is 6.36. The van der Waals surface area contributed by atoms with Crippen LogP contribution in [-0.4, -0.2) is 65.7 Å². The van der Waals surface area contributed by atoms with Crippen molar-refractivity contribution in [1.82, 2.24) is 0 Å². The molecule has 10 nitrogen and oxygen atoms in total. The molecule has 11 heteroatoms. The number of ether oxygens (including phenoxy) is 2. The molecule has 222 valence electrons. The van der Waals surface area contributed by atoms with Crippen molar-refractivity contribution in [1.29, 1.82) is 0 Å². The number of aliphatic hydroxyl groups is 2. The van der Waals surface area contributed by atoms with Crippen molar-refractivity contribution in [2.75, 3.05) is 26.4 Å². The van der Waals surface area contributed by atoms with Gasteiger partial charge < -0.3 is 24.6 Å². The Bertz CT molecular complexity index is 710. The van der Waals surface area contributed by atoms with Crippen LogP contribution in [-0.2, 0) is 32.7 Å². The number of carbonyl (C=O) groups is 2. The first-order valence-corrected chi connectivity index (χ1v) is 15.3. The fourth-order valence-corrected chi connectivity index (χ4v) is 3.97. The Morgan fingerprint density at radius 2 is 1.42 bits per heavy atom. The van der Waals surface area contributed by atoms with Crippen LogP contribution in [0.2, 0.25) is 0 Å². The van der Waals surface area contributed by atoms with Gasteiger partial charge in [0.2, 0.25) is 0 Å². The lowest BCUT2D eigenvalue weighted by Gasteiger charge is -2.20. The van der Waals surface area contributed by atoms with Gasteiger partial charge in [-0.05, 0) is 38.5 Å². The minimum atomic E-state index is -4.58. The molecule has 0 aromatic heterocycles. The van der Waals surface area contributed by atoms with Gasteiger partial charge in [-0.15, -0.1) is 0 Å². The molecular formula is C27H49O10P. The third kappa shape index (κ3) is 23.6. The molecule has 0 aliphatic heterocycles. The SMILES string of the molecule is CCCCC/C=C\C/C=C\CCCCCCCC(=O)OC(COC(=O)CC)COP(=O)(O)OCC(O)CO. The molecule has 0 aromatic carbocycles. The number of esters is 2. The summed E-state index contributed by atoms with van der Waals surface area (Å²) in [5, 5.41) is 18.0. The van der Waals surface area contributed by atoms with Crippen molar-refractivity contribution in [3.63, 3.8) is 0 Å². The summed E-state index contributed by atoms with van der Waals surface area (Å²) in [7, 11) is -4.58. The van der Waals surface area contributed by atoms with Gasteiger partial charge in [0.1, 0.15) is 12.7 Å². The number of aliphatic hydroxyl groups excluding tert-OH is 2. The van der Waals surface area contributed by atoms with Crippen LogP contribution in [0.5, 0.6) is 0 Å². The van der Waals surface area contributed by atoms with E-state index in [1.54, 1.807) is 6.92 Å². The van der Waals surface area contributed by atoms with E-state index in [1.165, 1.54) is 19.3 Å². The fraction of sp³-hybridized carbons (Fsp3) is 0.778. The average molecular weight is 565 g/mol. The van der Waals surface area contributed by atoms with Gasteiger partial charge in [-0.25, -0.2) is 4.57 Å². The highest BCUT2D eigenvalue weighted by atomic mass is 31.2. The zero-order chi connectivity index (χ0) is 28.5. The smallest absolute Gasteiger partial charge is 0.462 e. The number of hydrogen-bond acceptors (Lipinski definition) is 9. The van der Waals surface area contributed by atoms with E-state index >= 15 is 0 Å². The molecule has 0 heterocycles. The molecule has 0 aliphatic carbocycles. The molecular weight excluding hydrogens is 515 g/mol. The molecule has 0 fully saturated rings. The Hall–Kier alpha value is -1.55. The van der Waals surface area contributed by atoms with E-state index in [4.69, 9.17) is 19.1 Å². The number of unbranched alkanes of at least 4 members (excludes halogenated alkanes) is 8. The Kier molecular flexibility index (Phi) is 23.5. The third-order valence-electron chi connectivity index (χ3n) is 5.41. The van der Waals surface area contributed by atoms with Gasteiger partial charge >= 0.3 is 19.8 Å². The molecule has 0 aromatic rings. The summed E-state index contributed by atoms with van der Waals surface area (Å²) < 4.78 is 31.5. The van der Waals surface area contributed by atoms with Gasteiger partial charge in [-0.3, -0.25) is 18.6 Å². The number of hydrogen-bond donors (Lipinski definition) is 3. The van der Waals surface area contributed by atoms with Gasteiger partial charge in [0.05, 0.1) is 19.8 Å². The van der Waals surface area contributed by atoms with Crippen molar-refractivity contribution in [2.24, 2.45) is 0 Å². The van der Waals surface area contributed by atoms with Crippen LogP contribution in [0, 0.1) is 0 Å². The van der Waals surface area contributed by atoms with E-state index in [0.29, 0.717) is 6.42 Å². The number of carbonyl (C=O) groups excluding carboxylic acids is 2. The first-order valence-electron chi connectivity index (χ1n) is 13.8. The minimum absolute atomic E-state index is 0.119. The van der Waals surface area contributed by atoms with E-state index < -0.39 is 51.8 Å². The summed E-state index contributed by atoms with van der Waals surface area (Å²) in [6.07, 6.45) is 18.4. The van der Waals surface area contributed by atoms with Crippen LogP contribution in [0.15, 0.2) is 24.3 Å². The molecule has 3 unspecified atom stereocenters. The van der Waals surface area contributed by atoms with E-state index in [9.17, 15) is 24.2 Å². The van der Waals surface area contributed by atoms with Gasteiger partial charge in [0.15, 0.2) is 6.10 Å². The Morgan fingerprint density at radius 3 is 2.05 bits per heavy atom. The largest absolute Gasteiger partial charge is 0.472 e. The summed E-state index contributed by atoms with van der Waals surface area (Å²) in [4.78, 5) is 33.4. The van der Waals surface area contributed by atoms with Gasteiger partial charge in [0.25, 0.3) is 0 Å². The highest BCUT2D eigenvalue weighted by Crippen LogP contribution is 2.43. The zero-order valence-electron chi connectivity index (χ0n) is 23.1. The quantitative estimate of drug-likeness (QED) is 0.0588. The molecule has 38 heavy (non-hydrogen) atoms. The van der Waals surface area contributed by atoms with Crippen LogP contribution in [0.4, 0.5) is 0 Å². The second kappa shape index (κ2) is 24.5. The van der Waals surface area contributed by atoms with Crippen molar-refractivity contribution in [3.05, 3.63) is 24.3 Å². The molecule has 0 saturated carbocycles. The zero-order valence-corrected chi connectivity index (χ0v) is 24.0. The highest BCUT2D eigenvalue weighted by Gasteiger charge is 2.27. The lowest BCUT2D eigenvalue weighted by Crippen LogP contribution is -2.29. The van der Waals surface area contributed by atoms with Crippen LogP contribution >= 0.6 is 7.82 Å². The predicted octanol–water partition coefficient (Wildman–Crippen LogP) is 5.15. The summed E-state index contributed by atoms with van der Waals surface area (Å²) in [5.41, 5.74) is 0. The molecule has 0 bridgehead atoms. The number of allylic oxidation sites excluding steroid dienone is 4. The number of rotatable bonds is 25. The van der Waals surface area contributed by atoms with Crippen LogP contribution in [0.25, 0.3) is 0 Å². The molecule has 0 amide bonds. The van der Waals surface area contributed by atoms with Crippen LogP contribution < -0.4 is 0 Å². The summed E-state index contributed by atoms with van der Waals surface area (Å²) in [5.74, 6) is -1.05. The van der Waals surface area contributed by atoms with Gasteiger partial charge in [-0.1, -0.05) is 70.3 Å². The van der Waals surface area contributed by atoms with Crippen molar-refractivity contribution in [2.45, 2.75) is 110 Å². The minimum Gasteiger partial charge on any atom is -0.462 e.